The number of ether oxygens (including phenoxy) is 1. The molecule has 0 radical (unpaired) electrons. The lowest BCUT2D eigenvalue weighted by Gasteiger charge is -2.12. The number of para-hydroxylation sites is 1. The Morgan fingerprint density at radius 2 is 1.85 bits per heavy atom. The molecule has 0 aliphatic heterocycles. The van der Waals surface area contributed by atoms with Crippen molar-refractivity contribution in [1.82, 2.24) is 9.78 Å². The van der Waals surface area contributed by atoms with Gasteiger partial charge >= 0.3 is 5.97 Å². The standard InChI is InChI=1S/C19H15Cl2N3O3/c1-27-19(26)13-7-3-5-9-16(13)24-18(25)17(21)15(11-23-24)22-10-12-6-2-4-8-14(12)20/h2-9,11,22H,10H2,1H3. The lowest BCUT2D eigenvalue weighted by Crippen LogP contribution is -2.24. The van der Waals surface area contributed by atoms with E-state index < -0.39 is 11.5 Å². The van der Waals surface area contributed by atoms with Gasteiger partial charge in [0, 0.05) is 11.6 Å². The molecule has 8 heteroatoms. The van der Waals surface area contributed by atoms with Crippen LogP contribution in [0.25, 0.3) is 5.69 Å². The summed E-state index contributed by atoms with van der Waals surface area (Å²) in [5.74, 6) is -0.573. The number of nitrogens with zero attached hydrogens (tertiary/aromatic N) is 2. The fourth-order valence-corrected chi connectivity index (χ4v) is 2.90. The van der Waals surface area contributed by atoms with Crippen LogP contribution in [-0.2, 0) is 11.3 Å². The molecule has 3 rings (SSSR count). The number of nitrogens with one attached hydrogen (secondary N) is 1. The van der Waals surface area contributed by atoms with Gasteiger partial charge in [-0.05, 0) is 23.8 Å². The normalized spacial score (nSPS) is 10.5. The molecule has 27 heavy (non-hydrogen) atoms. The summed E-state index contributed by atoms with van der Waals surface area (Å²) >= 11 is 12.4. The first-order valence-corrected chi connectivity index (χ1v) is 8.71. The molecule has 0 amide bonds. The first-order valence-electron chi connectivity index (χ1n) is 7.95. The number of carbonyl (C=O) groups is 1. The fraction of sp³-hybridized carbons (Fsp3) is 0.105. The van der Waals surface area contributed by atoms with Gasteiger partial charge in [-0.25, -0.2) is 4.79 Å². The number of esters is 1. The molecule has 0 unspecified atom stereocenters. The van der Waals surface area contributed by atoms with E-state index in [2.05, 4.69) is 10.4 Å². The van der Waals surface area contributed by atoms with E-state index in [1.54, 1.807) is 30.3 Å². The van der Waals surface area contributed by atoms with Gasteiger partial charge in [0.25, 0.3) is 5.56 Å². The molecule has 0 saturated carbocycles. The lowest BCUT2D eigenvalue weighted by molar-refractivity contribution is 0.0600. The summed E-state index contributed by atoms with van der Waals surface area (Å²) in [6.07, 6.45) is 1.43. The Labute approximate surface area is 165 Å². The molecule has 0 fully saturated rings. The Morgan fingerprint density at radius 1 is 1.15 bits per heavy atom. The maximum absolute atomic E-state index is 12.7. The van der Waals surface area contributed by atoms with Crippen LogP contribution in [0, 0.1) is 0 Å². The Kier molecular flexibility index (Phi) is 5.78. The Bertz CT molecular complexity index is 1050. The Balaban J connectivity index is 1.94. The largest absolute Gasteiger partial charge is 0.465 e. The van der Waals surface area contributed by atoms with E-state index in [0.29, 0.717) is 17.3 Å². The van der Waals surface area contributed by atoms with Crippen LogP contribution in [0.4, 0.5) is 5.69 Å². The highest BCUT2D eigenvalue weighted by molar-refractivity contribution is 6.33. The molecule has 0 aliphatic rings. The summed E-state index contributed by atoms with van der Waals surface area (Å²) in [7, 11) is 1.27. The van der Waals surface area contributed by atoms with E-state index in [9.17, 15) is 9.59 Å². The lowest BCUT2D eigenvalue weighted by atomic mass is 10.2. The van der Waals surface area contributed by atoms with Crippen LogP contribution in [-0.4, -0.2) is 22.9 Å². The van der Waals surface area contributed by atoms with Gasteiger partial charge in [0.15, 0.2) is 0 Å². The van der Waals surface area contributed by atoms with Gasteiger partial charge < -0.3 is 10.1 Å². The molecule has 138 valence electrons. The van der Waals surface area contributed by atoms with Crippen LogP contribution in [0.3, 0.4) is 0 Å². The predicted octanol–water partition coefficient (Wildman–Crippen LogP) is 3.94. The van der Waals surface area contributed by atoms with Crippen LogP contribution >= 0.6 is 23.2 Å². The third kappa shape index (κ3) is 3.97. The van der Waals surface area contributed by atoms with Crippen molar-refractivity contribution in [3.05, 3.63) is 86.3 Å². The van der Waals surface area contributed by atoms with Crippen molar-refractivity contribution in [3.8, 4) is 5.69 Å². The number of halogens is 2. The van der Waals surface area contributed by atoms with Crippen molar-refractivity contribution in [2.24, 2.45) is 0 Å². The van der Waals surface area contributed by atoms with Gasteiger partial charge in [0.1, 0.15) is 5.02 Å². The SMILES string of the molecule is COC(=O)c1ccccc1-n1ncc(NCc2ccccc2Cl)c(Cl)c1=O. The van der Waals surface area contributed by atoms with Crippen molar-refractivity contribution in [2.45, 2.75) is 6.54 Å². The second-order valence-electron chi connectivity index (χ2n) is 5.54. The number of carbonyl (C=O) groups excluding carboxylic acids is 1. The molecule has 1 heterocycles. The molecule has 1 aromatic heterocycles. The topological polar surface area (TPSA) is 73.2 Å². The van der Waals surface area contributed by atoms with E-state index >= 15 is 0 Å². The maximum atomic E-state index is 12.7. The number of aromatic nitrogens is 2. The number of hydrogen-bond donors (Lipinski definition) is 1. The zero-order valence-corrected chi connectivity index (χ0v) is 15.8. The van der Waals surface area contributed by atoms with E-state index in [-0.39, 0.29) is 16.3 Å². The molecular formula is C19H15Cl2N3O3. The van der Waals surface area contributed by atoms with Crippen molar-refractivity contribution in [1.29, 1.82) is 0 Å². The van der Waals surface area contributed by atoms with E-state index in [1.165, 1.54) is 13.3 Å². The van der Waals surface area contributed by atoms with Gasteiger partial charge in [-0.15, -0.1) is 0 Å². The third-order valence-corrected chi connectivity index (χ3v) is 4.62. The molecular weight excluding hydrogens is 389 g/mol. The quantitative estimate of drug-likeness (QED) is 0.653. The molecule has 0 aliphatic carbocycles. The average Bonchev–Trinajstić information content (AvgIpc) is 2.69. The minimum Gasteiger partial charge on any atom is -0.465 e. The Hall–Kier alpha value is -2.83. The molecule has 3 aromatic rings. The number of rotatable bonds is 5. The van der Waals surface area contributed by atoms with E-state index in [1.807, 2.05) is 18.2 Å². The molecule has 0 bridgehead atoms. The fourth-order valence-electron chi connectivity index (χ4n) is 2.50. The smallest absolute Gasteiger partial charge is 0.340 e. The highest BCUT2D eigenvalue weighted by atomic mass is 35.5. The summed E-state index contributed by atoms with van der Waals surface area (Å²) in [6.45, 7) is 0.378. The molecule has 0 saturated heterocycles. The van der Waals surface area contributed by atoms with Crippen molar-refractivity contribution in [3.63, 3.8) is 0 Å². The van der Waals surface area contributed by atoms with Gasteiger partial charge in [-0.1, -0.05) is 53.5 Å². The molecule has 0 atom stereocenters. The Morgan fingerprint density at radius 3 is 2.59 bits per heavy atom. The van der Waals surface area contributed by atoms with Crippen LogP contribution in [0.2, 0.25) is 10.0 Å². The minimum absolute atomic E-state index is 0.0447. The summed E-state index contributed by atoms with van der Waals surface area (Å²) in [5, 5.41) is 7.75. The highest BCUT2D eigenvalue weighted by Crippen LogP contribution is 2.21. The first kappa shape index (κ1) is 18.9. The summed E-state index contributed by atoms with van der Waals surface area (Å²) in [5.41, 5.74) is 1.16. The van der Waals surface area contributed by atoms with Crippen molar-refractivity contribution >= 4 is 34.9 Å². The number of hydrogen-bond acceptors (Lipinski definition) is 5. The average molecular weight is 404 g/mol. The summed E-state index contributed by atoms with van der Waals surface area (Å²) in [4.78, 5) is 24.6. The second kappa shape index (κ2) is 8.24. The van der Waals surface area contributed by atoms with Gasteiger partial charge in [0.05, 0.1) is 30.2 Å². The molecule has 0 spiro atoms. The van der Waals surface area contributed by atoms with E-state index in [0.717, 1.165) is 10.2 Å². The second-order valence-corrected chi connectivity index (χ2v) is 6.33. The van der Waals surface area contributed by atoms with Crippen molar-refractivity contribution < 1.29 is 9.53 Å². The maximum Gasteiger partial charge on any atom is 0.340 e. The molecule has 6 nitrogen and oxygen atoms in total. The van der Waals surface area contributed by atoms with Crippen LogP contribution in [0.15, 0.2) is 59.5 Å². The van der Waals surface area contributed by atoms with Crippen molar-refractivity contribution in [2.75, 3.05) is 12.4 Å². The van der Waals surface area contributed by atoms with Gasteiger partial charge in [-0.3, -0.25) is 4.79 Å². The number of benzene rings is 2. The van der Waals surface area contributed by atoms with Gasteiger partial charge in [-0.2, -0.15) is 9.78 Å². The highest BCUT2D eigenvalue weighted by Gasteiger charge is 2.17. The van der Waals surface area contributed by atoms with Crippen LogP contribution < -0.4 is 10.9 Å². The first-order chi connectivity index (χ1) is 13.0. The zero-order valence-electron chi connectivity index (χ0n) is 14.3. The molecule has 1 N–H and O–H groups in total. The zero-order chi connectivity index (χ0) is 19.4. The van der Waals surface area contributed by atoms with Crippen LogP contribution in [0.5, 0.6) is 0 Å². The minimum atomic E-state index is -0.573. The van der Waals surface area contributed by atoms with Gasteiger partial charge in [0.2, 0.25) is 0 Å². The van der Waals surface area contributed by atoms with E-state index in [4.69, 9.17) is 27.9 Å². The van der Waals surface area contributed by atoms with Crippen LogP contribution in [0.1, 0.15) is 15.9 Å². The number of methoxy groups -OCH3 is 1. The monoisotopic (exact) mass is 403 g/mol. The molecule has 2 aromatic carbocycles. The summed E-state index contributed by atoms with van der Waals surface area (Å²) < 4.78 is 5.82. The summed E-state index contributed by atoms with van der Waals surface area (Å²) in [6, 6.07) is 13.8. The number of anilines is 1. The third-order valence-electron chi connectivity index (χ3n) is 3.88. The predicted molar refractivity (Wildman–Crippen MR) is 105 cm³/mol.